The fourth-order valence-corrected chi connectivity index (χ4v) is 3.70. The Balaban J connectivity index is 2.26. The van der Waals surface area contributed by atoms with Gasteiger partial charge in [0.05, 0.1) is 4.91 Å². The highest BCUT2D eigenvalue weighted by molar-refractivity contribution is 8.26. The van der Waals surface area contributed by atoms with Crippen LogP contribution in [0.1, 0.15) is 44.2 Å². The van der Waals surface area contributed by atoms with Gasteiger partial charge in [-0.1, -0.05) is 69.0 Å². The molecule has 1 amide bonds. The van der Waals surface area contributed by atoms with Crippen LogP contribution in [0.5, 0.6) is 0 Å². The molecule has 2 rings (SSSR count). The standard InChI is InChI=1S/C17H19NO3S2/c1-4-13(16(20)21)18-15(19)14(23-17(18)22)9-11-5-7-12(8-6-11)10(2)3/h5-10,13H,4H2,1-3H3,(H,20,21)/b14-9-/t13-/m0/s1. The Hall–Kier alpha value is -1.66. The molecule has 1 fully saturated rings. The topological polar surface area (TPSA) is 57.6 Å². The van der Waals surface area contributed by atoms with Gasteiger partial charge in [0, 0.05) is 0 Å². The highest BCUT2D eigenvalue weighted by Gasteiger charge is 2.39. The van der Waals surface area contributed by atoms with Crippen molar-refractivity contribution in [3.8, 4) is 0 Å². The Morgan fingerprint density at radius 2 is 1.96 bits per heavy atom. The van der Waals surface area contributed by atoms with Gasteiger partial charge < -0.3 is 5.11 Å². The zero-order valence-electron chi connectivity index (χ0n) is 13.3. The molecule has 1 atom stereocenters. The van der Waals surface area contributed by atoms with E-state index >= 15 is 0 Å². The Bertz CT molecular complexity index is 665. The summed E-state index contributed by atoms with van der Waals surface area (Å²) in [4.78, 5) is 25.4. The molecule has 6 heteroatoms. The molecular weight excluding hydrogens is 330 g/mol. The highest BCUT2D eigenvalue weighted by Crippen LogP contribution is 2.34. The third kappa shape index (κ3) is 3.82. The summed E-state index contributed by atoms with van der Waals surface area (Å²) < 4.78 is 0.300. The van der Waals surface area contributed by atoms with Crippen molar-refractivity contribution in [3.63, 3.8) is 0 Å². The zero-order valence-corrected chi connectivity index (χ0v) is 14.9. The lowest BCUT2D eigenvalue weighted by molar-refractivity contribution is -0.145. The number of nitrogens with zero attached hydrogens (tertiary/aromatic N) is 1. The third-order valence-corrected chi connectivity index (χ3v) is 5.04. The van der Waals surface area contributed by atoms with Crippen LogP contribution in [0.4, 0.5) is 0 Å². The fourth-order valence-electron chi connectivity index (χ4n) is 2.34. The maximum atomic E-state index is 12.5. The first-order chi connectivity index (χ1) is 10.8. The van der Waals surface area contributed by atoms with Gasteiger partial charge in [0.25, 0.3) is 5.91 Å². The van der Waals surface area contributed by atoms with Crippen LogP contribution in [0.2, 0.25) is 0 Å². The summed E-state index contributed by atoms with van der Waals surface area (Å²) in [6, 6.07) is 7.07. The first-order valence-electron chi connectivity index (χ1n) is 7.45. The van der Waals surface area contributed by atoms with Crippen LogP contribution < -0.4 is 0 Å². The van der Waals surface area contributed by atoms with Crippen LogP contribution in [0, 0.1) is 0 Å². The molecule has 0 radical (unpaired) electrons. The SMILES string of the molecule is CC[C@@H](C(=O)O)N1C(=O)/C(=C/c2ccc(C(C)C)cc2)SC1=S. The minimum atomic E-state index is -1.04. The lowest BCUT2D eigenvalue weighted by atomic mass is 10.0. The Morgan fingerprint density at radius 1 is 1.35 bits per heavy atom. The molecule has 0 saturated carbocycles. The zero-order chi connectivity index (χ0) is 17.1. The predicted molar refractivity (Wildman–Crippen MR) is 97.3 cm³/mol. The summed E-state index contributed by atoms with van der Waals surface area (Å²) >= 11 is 6.35. The quantitative estimate of drug-likeness (QED) is 0.646. The number of aliphatic carboxylic acids is 1. The summed E-state index contributed by atoms with van der Waals surface area (Å²) in [6.07, 6.45) is 2.08. The van der Waals surface area contributed by atoms with Crippen molar-refractivity contribution in [2.75, 3.05) is 0 Å². The van der Waals surface area contributed by atoms with Crippen LogP contribution in [0.3, 0.4) is 0 Å². The summed E-state index contributed by atoms with van der Waals surface area (Å²) in [7, 11) is 0. The maximum absolute atomic E-state index is 12.5. The molecule has 4 nitrogen and oxygen atoms in total. The van der Waals surface area contributed by atoms with Gasteiger partial charge in [-0.3, -0.25) is 9.69 Å². The second-order valence-electron chi connectivity index (χ2n) is 5.64. The molecule has 1 heterocycles. The summed E-state index contributed by atoms with van der Waals surface area (Å²) in [5.74, 6) is -0.920. The average Bonchev–Trinajstić information content (AvgIpc) is 2.76. The van der Waals surface area contributed by atoms with Gasteiger partial charge in [-0.15, -0.1) is 0 Å². The number of carboxylic acids is 1. The van der Waals surface area contributed by atoms with Crippen molar-refractivity contribution >= 4 is 46.3 Å². The number of rotatable bonds is 5. The van der Waals surface area contributed by atoms with Crippen molar-refractivity contribution in [2.24, 2.45) is 0 Å². The van der Waals surface area contributed by atoms with Gasteiger partial charge in [-0.25, -0.2) is 4.79 Å². The van der Waals surface area contributed by atoms with E-state index in [1.54, 1.807) is 13.0 Å². The molecule has 1 N–H and O–H groups in total. The van der Waals surface area contributed by atoms with Crippen LogP contribution in [0.25, 0.3) is 6.08 Å². The summed E-state index contributed by atoms with van der Waals surface area (Å²) in [5.41, 5.74) is 2.13. The monoisotopic (exact) mass is 349 g/mol. The molecule has 1 aliphatic heterocycles. The number of thiocarbonyl (C=S) groups is 1. The van der Waals surface area contributed by atoms with E-state index < -0.39 is 12.0 Å². The van der Waals surface area contributed by atoms with Crippen molar-refractivity contribution in [1.82, 2.24) is 4.90 Å². The van der Waals surface area contributed by atoms with E-state index in [9.17, 15) is 14.7 Å². The smallest absolute Gasteiger partial charge is 0.326 e. The molecule has 0 spiro atoms. The summed E-state index contributed by atoms with van der Waals surface area (Å²) in [6.45, 7) is 5.97. The van der Waals surface area contributed by atoms with E-state index in [0.29, 0.717) is 21.6 Å². The molecule has 0 bridgehead atoms. The van der Waals surface area contributed by atoms with Crippen LogP contribution in [-0.2, 0) is 9.59 Å². The maximum Gasteiger partial charge on any atom is 0.326 e. The van der Waals surface area contributed by atoms with Crippen molar-refractivity contribution < 1.29 is 14.7 Å². The first-order valence-corrected chi connectivity index (χ1v) is 8.67. The Kier molecular flexibility index (Phi) is 5.59. The van der Waals surface area contributed by atoms with Crippen molar-refractivity contribution in [1.29, 1.82) is 0 Å². The number of hydrogen-bond donors (Lipinski definition) is 1. The number of benzene rings is 1. The van der Waals surface area contributed by atoms with Crippen LogP contribution >= 0.6 is 24.0 Å². The minimum Gasteiger partial charge on any atom is -0.480 e. The number of amides is 1. The minimum absolute atomic E-state index is 0.300. The lowest BCUT2D eigenvalue weighted by Gasteiger charge is -2.21. The van der Waals surface area contributed by atoms with Gasteiger partial charge in [0.2, 0.25) is 0 Å². The second kappa shape index (κ2) is 7.27. The van der Waals surface area contributed by atoms with Gasteiger partial charge in [0.1, 0.15) is 10.4 Å². The number of carbonyl (C=O) groups is 2. The van der Waals surface area contributed by atoms with Crippen molar-refractivity contribution in [3.05, 3.63) is 40.3 Å². The van der Waals surface area contributed by atoms with E-state index in [-0.39, 0.29) is 5.91 Å². The molecule has 122 valence electrons. The molecule has 0 aromatic heterocycles. The number of hydrogen-bond acceptors (Lipinski definition) is 4. The van der Waals surface area contributed by atoms with Crippen molar-refractivity contribution in [2.45, 2.75) is 39.2 Å². The highest BCUT2D eigenvalue weighted by atomic mass is 32.2. The Morgan fingerprint density at radius 3 is 2.43 bits per heavy atom. The number of thioether (sulfide) groups is 1. The van der Waals surface area contributed by atoms with Crippen LogP contribution in [-0.4, -0.2) is 32.2 Å². The molecule has 1 saturated heterocycles. The molecule has 1 aromatic carbocycles. The van der Waals surface area contributed by atoms with Gasteiger partial charge >= 0.3 is 5.97 Å². The fraction of sp³-hybridized carbons (Fsp3) is 0.353. The molecule has 1 aromatic rings. The van der Waals surface area contributed by atoms with E-state index in [4.69, 9.17) is 12.2 Å². The molecule has 1 aliphatic rings. The molecular formula is C17H19NO3S2. The average molecular weight is 349 g/mol. The summed E-state index contributed by atoms with van der Waals surface area (Å²) in [5, 5.41) is 9.25. The molecule has 23 heavy (non-hydrogen) atoms. The Labute approximate surface area is 145 Å². The first kappa shape index (κ1) is 17.7. The second-order valence-corrected chi connectivity index (χ2v) is 7.31. The van der Waals surface area contributed by atoms with Gasteiger partial charge in [0.15, 0.2) is 0 Å². The van der Waals surface area contributed by atoms with Gasteiger partial charge in [-0.2, -0.15) is 0 Å². The normalized spacial score (nSPS) is 18.1. The third-order valence-electron chi connectivity index (χ3n) is 3.71. The van der Waals surface area contributed by atoms with E-state index in [2.05, 4.69) is 13.8 Å². The van der Waals surface area contributed by atoms with Crippen LogP contribution in [0.15, 0.2) is 29.2 Å². The number of carbonyl (C=O) groups excluding carboxylic acids is 1. The van der Waals surface area contributed by atoms with E-state index in [1.165, 1.54) is 10.5 Å². The number of carboxylic acid groups (broad SMARTS) is 1. The lowest BCUT2D eigenvalue weighted by Crippen LogP contribution is -2.43. The molecule has 0 unspecified atom stereocenters. The predicted octanol–water partition coefficient (Wildman–Crippen LogP) is 3.87. The van der Waals surface area contributed by atoms with E-state index in [1.807, 2.05) is 24.3 Å². The molecule has 0 aliphatic carbocycles. The largest absolute Gasteiger partial charge is 0.480 e. The van der Waals surface area contributed by atoms with E-state index in [0.717, 1.165) is 17.3 Å². The van der Waals surface area contributed by atoms with Gasteiger partial charge in [-0.05, 0) is 29.5 Å².